The minimum atomic E-state index is -0.262. The van der Waals surface area contributed by atoms with Gasteiger partial charge in [-0.15, -0.1) is 12.3 Å². The minimum Gasteiger partial charge on any atom is -0.198 e. The van der Waals surface area contributed by atoms with Crippen LogP contribution in [0.1, 0.15) is 25.7 Å². The Hall–Kier alpha value is -1.35. The van der Waals surface area contributed by atoms with Crippen molar-refractivity contribution < 1.29 is 0 Å². The van der Waals surface area contributed by atoms with Gasteiger partial charge in [0.2, 0.25) is 0 Å². The molecule has 0 aromatic heterocycles. The van der Waals surface area contributed by atoms with Crippen molar-refractivity contribution in [2.45, 2.75) is 31.3 Å². The zero-order valence-electron chi connectivity index (χ0n) is 6.25. The third-order valence-corrected chi connectivity index (χ3v) is 1.69. The normalized spacial score (nSPS) is 16.9. The highest BCUT2D eigenvalue weighted by Gasteiger charge is 2.38. The van der Waals surface area contributed by atoms with Gasteiger partial charge in [0.25, 0.3) is 0 Å². The summed E-state index contributed by atoms with van der Waals surface area (Å²) >= 11 is 0. The number of nitrogens with zero attached hydrogens (tertiary/aromatic N) is 3. The lowest BCUT2D eigenvalue weighted by Crippen LogP contribution is -2.09. The first-order valence-corrected chi connectivity index (χ1v) is 3.57. The van der Waals surface area contributed by atoms with Crippen molar-refractivity contribution >= 4 is 0 Å². The predicted molar refractivity (Wildman–Crippen MR) is 40.5 cm³/mol. The van der Waals surface area contributed by atoms with E-state index in [-0.39, 0.29) is 5.66 Å². The van der Waals surface area contributed by atoms with E-state index in [1.54, 1.807) is 0 Å². The molecule has 1 heterocycles. The lowest BCUT2D eigenvalue weighted by atomic mass is 10.0. The lowest BCUT2D eigenvalue weighted by molar-refractivity contribution is 0.521. The Morgan fingerprint density at radius 1 is 1.27 bits per heavy atom. The zero-order valence-corrected chi connectivity index (χ0v) is 6.25. The first-order valence-electron chi connectivity index (χ1n) is 3.57. The van der Waals surface area contributed by atoms with E-state index in [4.69, 9.17) is 11.7 Å². The molecule has 3 nitrogen and oxygen atoms in total. The van der Waals surface area contributed by atoms with Crippen LogP contribution < -0.4 is 0 Å². The maximum Gasteiger partial charge on any atom is 0.192 e. The van der Waals surface area contributed by atoms with Gasteiger partial charge in [-0.1, -0.05) is 0 Å². The van der Waals surface area contributed by atoms with E-state index < -0.39 is 0 Å². The first-order chi connectivity index (χ1) is 5.33. The highest BCUT2D eigenvalue weighted by atomic mass is 15.4. The first kappa shape index (κ1) is 7.75. The van der Waals surface area contributed by atoms with Crippen LogP contribution in [0.5, 0.6) is 0 Å². The Kier molecular flexibility index (Phi) is 2.23. The van der Waals surface area contributed by atoms with E-state index in [0.29, 0.717) is 12.8 Å². The van der Waals surface area contributed by atoms with Crippen LogP contribution in [0.2, 0.25) is 0 Å². The Morgan fingerprint density at radius 2 is 1.91 bits per heavy atom. The molecular weight excluding hydrogens is 138 g/mol. The summed E-state index contributed by atoms with van der Waals surface area (Å²) in [6, 6.07) is 2.07. The summed E-state index contributed by atoms with van der Waals surface area (Å²) in [6.45, 7) is 0. The Balaban J connectivity index is 2.21. The molecule has 56 valence electrons. The molecule has 0 aromatic carbocycles. The molecule has 0 radical (unpaired) electrons. The third-order valence-electron chi connectivity index (χ3n) is 1.69. The molecule has 3 heteroatoms. The molecule has 0 saturated heterocycles. The van der Waals surface area contributed by atoms with Crippen molar-refractivity contribution in [1.29, 1.82) is 5.26 Å². The van der Waals surface area contributed by atoms with Gasteiger partial charge in [-0.05, 0) is 0 Å². The Labute approximate surface area is 66.1 Å². The van der Waals surface area contributed by atoms with Crippen LogP contribution >= 0.6 is 0 Å². The van der Waals surface area contributed by atoms with Crippen LogP contribution in [0.4, 0.5) is 0 Å². The van der Waals surface area contributed by atoms with Gasteiger partial charge in [0.05, 0.1) is 6.07 Å². The third kappa shape index (κ3) is 2.05. The Bertz CT molecular complexity index is 215. The zero-order chi connectivity index (χ0) is 8.16. The molecule has 0 amide bonds. The second kappa shape index (κ2) is 3.16. The molecule has 0 N–H and O–H groups in total. The van der Waals surface area contributed by atoms with Gasteiger partial charge >= 0.3 is 0 Å². The summed E-state index contributed by atoms with van der Waals surface area (Å²) in [5.74, 6) is 2.54. The van der Waals surface area contributed by atoms with Crippen molar-refractivity contribution in [1.82, 2.24) is 0 Å². The number of hydrogen-bond acceptors (Lipinski definition) is 3. The van der Waals surface area contributed by atoms with Gasteiger partial charge in [0.15, 0.2) is 5.66 Å². The van der Waals surface area contributed by atoms with Crippen LogP contribution in [0.3, 0.4) is 0 Å². The van der Waals surface area contributed by atoms with Gasteiger partial charge in [0, 0.05) is 25.7 Å². The number of nitriles is 1. The largest absolute Gasteiger partial charge is 0.198 e. The molecule has 1 aliphatic rings. The number of hydrogen-bond donors (Lipinski definition) is 0. The summed E-state index contributed by atoms with van der Waals surface area (Å²) < 4.78 is 0. The molecule has 1 aliphatic heterocycles. The molecule has 0 aromatic rings. The average Bonchev–Trinajstić information content (AvgIpc) is 2.79. The highest BCUT2D eigenvalue weighted by molar-refractivity contribution is 4.99. The quantitative estimate of drug-likeness (QED) is 0.560. The second-order valence-electron chi connectivity index (χ2n) is 2.54. The van der Waals surface area contributed by atoms with E-state index in [9.17, 15) is 0 Å². The van der Waals surface area contributed by atoms with E-state index in [2.05, 4.69) is 22.2 Å². The van der Waals surface area contributed by atoms with Crippen LogP contribution in [0.25, 0.3) is 0 Å². The fourth-order valence-corrected chi connectivity index (χ4v) is 0.924. The van der Waals surface area contributed by atoms with Gasteiger partial charge in [-0.3, -0.25) is 0 Å². The van der Waals surface area contributed by atoms with Crippen molar-refractivity contribution in [3.05, 3.63) is 0 Å². The molecule has 0 spiro atoms. The number of terminal acetylenes is 1. The van der Waals surface area contributed by atoms with Crippen LogP contribution in [0, 0.1) is 23.7 Å². The van der Waals surface area contributed by atoms with E-state index >= 15 is 0 Å². The predicted octanol–water partition coefficient (Wildman–Crippen LogP) is 1.87. The fraction of sp³-hybridized carbons (Fsp3) is 0.625. The molecule has 11 heavy (non-hydrogen) atoms. The smallest absolute Gasteiger partial charge is 0.192 e. The topological polar surface area (TPSA) is 48.5 Å². The lowest BCUT2D eigenvalue weighted by Gasteiger charge is -2.03. The second-order valence-corrected chi connectivity index (χ2v) is 2.54. The molecular formula is C8H9N3. The van der Waals surface area contributed by atoms with Crippen molar-refractivity contribution in [2.24, 2.45) is 10.2 Å². The Morgan fingerprint density at radius 3 is 2.36 bits per heavy atom. The standard InChI is InChI=1S/C8H9N3/c1-2-3-5-8(10-11-8)6-4-7-9/h1H,3-6H2. The molecule has 0 saturated carbocycles. The molecule has 1 rings (SSSR count). The van der Waals surface area contributed by atoms with E-state index in [1.807, 2.05) is 0 Å². The van der Waals surface area contributed by atoms with Crippen LogP contribution in [-0.4, -0.2) is 5.66 Å². The maximum atomic E-state index is 8.31. The highest BCUT2D eigenvalue weighted by Crippen LogP contribution is 2.37. The summed E-state index contributed by atoms with van der Waals surface area (Å²) in [6.07, 6.45) is 7.82. The maximum absolute atomic E-state index is 8.31. The van der Waals surface area contributed by atoms with Crippen molar-refractivity contribution in [3.63, 3.8) is 0 Å². The average molecular weight is 147 g/mol. The molecule has 0 atom stereocenters. The summed E-state index contributed by atoms with van der Waals surface area (Å²) in [5, 5.41) is 16.1. The molecule has 0 bridgehead atoms. The van der Waals surface area contributed by atoms with E-state index in [0.717, 1.165) is 12.8 Å². The minimum absolute atomic E-state index is 0.262. The SMILES string of the molecule is C#CCCC1(CCC#N)N=N1. The summed E-state index contributed by atoms with van der Waals surface area (Å²) in [4.78, 5) is 0. The fourth-order valence-electron chi connectivity index (χ4n) is 0.924. The van der Waals surface area contributed by atoms with Gasteiger partial charge < -0.3 is 0 Å². The monoisotopic (exact) mass is 147 g/mol. The number of rotatable bonds is 4. The van der Waals surface area contributed by atoms with Crippen LogP contribution in [-0.2, 0) is 0 Å². The van der Waals surface area contributed by atoms with Crippen molar-refractivity contribution in [3.8, 4) is 18.4 Å². The molecule has 0 fully saturated rings. The van der Waals surface area contributed by atoms with E-state index in [1.165, 1.54) is 0 Å². The van der Waals surface area contributed by atoms with Crippen LogP contribution in [0.15, 0.2) is 10.2 Å². The summed E-state index contributed by atoms with van der Waals surface area (Å²) in [5.41, 5.74) is -0.262. The van der Waals surface area contributed by atoms with Gasteiger partial charge in [-0.2, -0.15) is 15.5 Å². The molecule has 0 unspecified atom stereocenters. The van der Waals surface area contributed by atoms with Gasteiger partial charge in [0.1, 0.15) is 0 Å². The summed E-state index contributed by atoms with van der Waals surface area (Å²) in [7, 11) is 0. The van der Waals surface area contributed by atoms with Crippen molar-refractivity contribution in [2.75, 3.05) is 0 Å². The molecule has 0 aliphatic carbocycles. The van der Waals surface area contributed by atoms with Gasteiger partial charge in [-0.25, -0.2) is 0 Å².